The fraction of sp³-hybridized carbons (Fsp3) is 0.778. The van der Waals surface area contributed by atoms with Gasteiger partial charge in [-0.15, -0.1) is 6.58 Å². The van der Waals surface area contributed by atoms with Gasteiger partial charge in [0.15, 0.2) is 0 Å². The summed E-state index contributed by atoms with van der Waals surface area (Å²) in [6.45, 7) is 7.57. The van der Waals surface area contributed by atoms with Crippen LogP contribution in [-0.2, 0) is 0 Å². The Labute approximate surface area is 68.3 Å². The molecule has 0 bridgehead atoms. The third-order valence-electron chi connectivity index (χ3n) is 2.50. The van der Waals surface area contributed by atoms with Gasteiger partial charge in [0, 0.05) is 19.0 Å². The maximum Gasteiger partial charge on any atom is 0.0707 e. The van der Waals surface area contributed by atoms with Crippen molar-refractivity contribution >= 4 is 0 Å². The number of hydrogen-bond acceptors (Lipinski definition) is 2. The van der Waals surface area contributed by atoms with Gasteiger partial charge in [-0.05, 0) is 12.3 Å². The first-order chi connectivity index (χ1) is 5.25. The number of hydrogen-bond donors (Lipinski definition) is 2. The molecule has 0 saturated carbocycles. The lowest BCUT2D eigenvalue weighted by atomic mass is 9.89. The topological polar surface area (TPSA) is 32.3 Å². The highest BCUT2D eigenvalue weighted by molar-refractivity contribution is 4.86. The van der Waals surface area contributed by atoms with Gasteiger partial charge in [0.25, 0.3) is 0 Å². The van der Waals surface area contributed by atoms with E-state index in [1.165, 1.54) is 0 Å². The van der Waals surface area contributed by atoms with E-state index in [4.69, 9.17) is 0 Å². The zero-order chi connectivity index (χ0) is 8.27. The first kappa shape index (κ1) is 8.75. The predicted octanol–water partition coefficient (Wildman–Crippen LogP) is 0.779. The van der Waals surface area contributed by atoms with Crippen molar-refractivity contribution < 1.29 is 5.11 Å². The number of β-amino-alcohol motifs (C(OH)–C–C–N with tert-alkyl or cyclic N) is 1. The third kappa shape index (κ3) is 2.04. The summed E-state index contributed by atoms with van der Waals surface area (Å²) in [5, 5.41) is 12.7. The maximum absolute atomic E-state index is 9.49. The van der Waals surface area contributed by atoms with Crippen molar-refractivity contribution in [1.29, 1.82) is 0 Å². The minimum Gasteiger partial charge on any atom is -0.391 e. The van der Waals surface area contributed by atoms with Gasteiger partial charge in [-0.25, -0.2) is 0 Å². The second-order valence-electron chi connectivity index (χ2n) is 3.39. The molecule has 2 N–H and O–H groups in total. The fourth-order valence-electron chi connectivity index (χ4n) is 1.70. The van der Waals surface area contributed by atoms with Gasteiger partial charge in [0.05, 0.1) is 6.10 Å². The molecule has 0 aromatic heterocycles. The first-order valence-electron chi connectivity index (χ1n) is 4.25. The molecule has 0 spiro atoms. The highest BCUT2D eigenvalue weighted by Crippen LogP contribution is 2.21. The predicted molar refractivity (Wildman–Crippen MR) is 46.3 cm³/mol. The Morgan fingerprint density at radius 2 is 2.45 bits per heavy atom. The molecule has 0 amide bonds. The number of allylic oxidation sites excluding steroid dienone is 1. The molecule has 3 atom stereocenters. The molecule has 0 aromatic rings. The summed E-state index contributed by atoms with van der Waals surface area (Å²) in [6, 6.07) is 0. The first-order valence-corrected chi connectivity index (χ1v) is 4.25. The van der Waals surface area contributed by atoms with Crippen molar-refractivity contribution in [2.45, 2.75) is 19.4 Å². The molecule has 2 nitrogen and oxygen atoms in total. The van der Waals surface area contributed by atoms with Crippen molar-refractivity contribution in [3.63, 3.8) is 0 Å². The smallest absolute Gasteiger partial charge is 0.0707 e. The van der Waals surface area contributed by atoms with E-state index in [9.17, 15) is 5.11 Å². The molecule has 0 aromatic carbocycles. The second kappa shape index (κ2) is 3.88. The van der Waals surface area contributed by atoms with Crippen molar-refractivity contribution in [3.05, 3.63) is 12.7 Å². The van der Waals surface area contributed by atoms with Crippen LogP contribution in [0.4, 0.5) is 0 Å². The highest BCUT2D eigenvalue weighted by Gasteiger charge is 2.28. The van der Waals surface area contributed by atoms with Crippen LogP contribution in [0.15, 0.2) is 12.7 Å². The SMILES string of the molecule is C=CCC(C)[C@@H]1CNC[C@H]1O. The average molecular weight is 155 g/mol. The monoisotopic (exact) mass is 155 g/mol. The molecule has 1 aliphatic heterocycles. The molecule has 1 aliphatic rings. The van der Waals surface area contributed by atoms with E-state index < -0.39 is 0 Å². The van der Waals surface area contributed by atoms with E-state index in [0.717, 1.165) is 19.5 Å². The molecule has 1 saturated heterocycles. The molecule has 1 unspecified atom stereocenters. The van der Waals surface area contributed by atoms with Crippen LogP contribution in [0.5, 0.6) is 0 Å². The van der Waals surface area contributed by atoms with Crippen LogP contribution in [-0.4, -0.2) is 24.3 Å². The van der Waals surface area contributed by atoms with E-state index in [1.807, 2.05) is 6.08 Å². The van der Waals surface area contributed by atoms with Crippen molar-refractivity contribution in [3.8, 4) is 0 Å². The normalized spacial score (nSPS) is 33.6. The van der Waals surface area contributed by atoms with E-state index >= 15 is 0 Å². The quantitative estimate of drug-likeness (QED) is 0.590. The van der Waals surface area contributed by atoms with Gasteiger partial charge in [-0.3, -0.25) is 0 Å². The summed E-state index contributed by atoms with van der Waals surface area (Å²) in [6.07, 6.45) is 2.78. The summed E-state index contributed by atoms with van der Waals surface area (Å²) in [5.74, 6) is 0.977. The summed E-state index contributed by atoms with van der Waals surface area (Å²) >= 11 is 0. The second-order valence-corrected chi connectivity index (χ2v) is 3.39. The Balaban J connectivity index is 2.38. The molecule has 0 radical (unpaired) electrons. The molecule has 1 heterocycles. The van der Waals surface area contributed by atoms with Gasteiger partial charge in [-0.1, -0.05) is 13.0 Å². The van der Waals surface area contributed by atoms with Crippen LogP contribution >= 0.6 is 0 Å². The highest BCUT2D eigenvalue weighted by atomic mass is 16.3. The average Bonchev–Trinajstić information content (AvgIpc) is 2.36. The summed E-state index contributed by atoms with van der Waals surface area (Å²) in [4.78, 5) is 0. The lowest BCUT2D eigenvalue weighted by Gasteiger charge is -2.19. The van der Waals surface area contributed by atoms with Crippen molar-refractivity contribution in [1.82, 2.24) is 5.32 Å². The standard InChI is InChI=1S/C9H17NO/c1-3-4-7(2)8-5-10-6-9(8)11/h3,7-11H,1,4-6H2,2H3/t7?,8-,9+/m0/s1. The minimum atomic E-state index is -0.148. The van der Waals surface area contributed by atoms with Crippen LogP contribution in [0, 0.1) is 11.8 Å². The number of nitrogens with one attached hydrogen (secondary N) is 1. The maximum atomic E-state index is 9.49. The number of rotatable bonds is 3. The largest absolute Gasteiger partial charge is 0.391 e. The molecule has 1 fully saturated rings. The van der Waals surface area contributed by atoms with Gasteiger partial charge >= 0.3 is 0 Å². The lowest BCUT2D eigenvalue weighted by molar-refractivity contribution is 0.119. The lowest BCUT2D eigenvalue weighted by Crippen LogP contribution is -2.24. The van der Waals surface area contributed by atoms with E-state index in [1.54, 1.807) is 0 Å². The summed E-state index contributed by atoms with van der Waals surface area (Å²) < 4.78 is 0. The molecule has 11 heavy (non-hydrogen) atoms. The van der Waals surface area contributed by atoms with E-state index in [2.05, 4.69) is 18.8 Å². The van der Waals surface area contributed by atoms with Crippen LogP contribution in [0.3, 0.4) is 0 Å². The molecular weight excluding hydrogens is 138 g/mol. The Bertz CT molecular complexity index is 136. The zero-order valence-corrected chi connectivity index (χ0v) is 7.09. The fourth-order valence-corrected chi connectivity index (χ4v) is 1.70. The minimum absolute atomic E-state index is 0.148. The molecule has 0 aliphatic carbocycles. The molecule has 2 heteroatoms. The van der Waals surface area contributed by atoms with E-state index in [-0.39, 0.29) is 6.10 Å². The van der Waals surface area contributed by atoms with Crippen LogP contribution in [0.2, 0.25) is 0 Å². The van der Waals surface area contributed by atoms with Crippen molar-refractivity contribution in [2.75, 3.05) is 13.1 Å². The molecule has 64 valence electrons. The van der Waals surface area contributed by atoms with Gasteiger partial charge in [0.2, 0.25) is 0 Å². The van der Waals surface area contributed by atoms with Crippen LogP contribution in [0.1, 0.15) is 13.3 Å². The molecule has 1 rings (SSSR count). The van der Waals surface area contributed by atoms with Gasteiger partial charge < -0.3 is 10.4 Å². The Kier molecular flexibility index (Phi) is 3.09. The van der Waals surface area contributed by atoms with Crippen LogP contribution < -0.4 is 5.32 Å². The Morgan fingerprint density at radius 1 is 1.73 bits per heavy atom. The van der Waals surface area contributed by atoms with E-state index in [0.29, 0.717) is 11.8 Å². The molecular formula is C9H17NO. The third-order valence-corrected chi connectivity index (χ3v) is 2.50. The summed E-state index contributed by atoms with van der Waals surface area (Å²) in [5.41, 5.74) is 0. The zero-order valence-electron chi connectivity index (χ0n) is 7.09. The Hall–Kier alpha value is -0.340. The number of aliphatic hydroxyl groups is 1. The van der Waals surface area contributed by atoms with Crippen molar-refractivity contribution in [2.24, 2.45) is 11.8 Å². The van der Waals surface area contributed by atoms with Gasteiger partial charge in [0.1, 0.15) is 0 Å². The van der Waals surface area contributed by atoms with Gasteiger partial charge in [-0.2, -0.15) is 0 Å². The number of aliphatic hydroxyl groups excluding tert-OH is 1. The van der Waals surface area contributed by atoms with Crippen LogP contribution in [0.25, 0.3) is 0 Å². The summed E-state index contributed by atoms with van der Waals surface area (Å²) in [7, 11) is 0. The Morgan fingerprint density at radius 3 is 2.91 bits per heavy atom.